The van der Waals surface area contributed by atoms with Crippen LogP contribution >= 0.6 is 15.9 Å². The van der Waals surface area contributed by atoms with Gasteiger partial charge in [0, 0.05) is 17.8 Å². The molecule has 0 radical (unpaired) electrons. The maximum atomic E-state index is 5.63. The summed E-state index contributed by atoms with van der Waals surface area (Å²) < 4.78 is 11.1. The summed E-state index contributed by atoms with van der Waals surface area (Å²) in [7, 11) is 0. The average Bonchev–Trinajstić information content (AvgIpc) is 2.71. The van der Waals surface area contributed by atoms with Gasteiger partial charge in [0.2, 0.25) is 0 Å². The number of hydrogen-bond donors (Lipinski definition) is 0. The second-order valence-electron chi connectivity index (χ2n) is 3.61. The van der Waals surface area contributed by atoms with Crippen LogP contribution < -0.4 is 9.47 Å². The summed E-state index contributed by atoms with van der Waals surface area (Å²) in [6.45, 7) is 1.59. The largest absolute Gasteiger partial charge is 0.493 e. The van der Waals surface area contributed by atoms with Crippen LogP contribution in [0.5, 0.6) is 11.5 Å². The van der Waals surface area contributed by atoms with Crippen molar-refractivity contribution < 1.29 is 9.47 Å². The predicted molar refractivity (Wildman–Crippen MR) is 64.2 cm³/mol. The van der Waals surface area contributed by atoms with Crippen molar-refractivity contribution in [3.05, 3.63) is 23.8 Å². The predicted octanol–water partition coefficient (Wildman–Crippen LogP) is 3.18. The molecule has 2 rings (SSSR count). The van der Waals surface area contributed by atoms with Crippen LogP contribution in [0.25, 0.3) is 0 Å². The third kappa shape index (κ3) is 2.88. The molecule has 1 aliphatic rings. The van der Waals surface area contributed by atoms with Gasteiger partial charge in [-0.15, -0.1) is 0 Å². The first-order valence-corrected chi connectivity index (χ1v) is 6.47. The Morgan fingerprint density at radius 1 is 1.33 bits per heavy atom. The molecule has 0 unspecified atom stereocenters. The molecule has 1 aromatic carbocycles. The van der Waals surface area contributed by atoms with E-state index in [1.165, 1.54) is 5.56 Å². The average molecular weight is 271 g/mol. The minimum absolute atomic E-state index is 0.782. The summed E-state index contributed by atoms with van der Waals surface area (Å²) in [6, 6.07) is 6.13. The van der Waals surface area contributed by atoms with Crippen LogP contribution in [-0.2, 0) is 6.42 Å². The smallest absolute Gasteiger partial charge is 0.126 e. The topological polar surface area (TPSA) is 18.5 Å². The van der Waals surface area contributed by atoms with Crippen molar-refractivity contribution in [2.45, 2.75) is 19.3 Å². The second-order valence-corrected chi connectivity index (χ2v) is 4.41. The fourth-order valence-corrected chi connectivity index (χ4v) is 2.02. The van der Waals surface area contributed by atoms with E-state index in [0.29, 0.717) is 0 Å². The first kappa shape index (κ1) is 10.8. The van der Waals surface area contributed by atoms with Crippen LogP contribution in [0.3, 0.4) is 0 Å². The minimum atomic E-state index is 0.782. The van der Waals surface area contributed by atoms with Crippen molar-refractivity contribution in [1.29, 1.82) is 0 Å². The Hall–Kier alpha value is -0.700. The number of rotatable bonds is 5. The Bertz CT molecular complexity index is 325. The van der Waals surface area contributed by atoms with Crippen LogP contribution in [-0.4, -0.2) is 18.5 Å². The highest BCUT2D eigenvalue weighted by atomic mass is 79.9. The Balaban J connectivity index is 1.87. The van der Waals surface area contributed by atoms with Crippen molar-refractivity contribution in [2.75, 3.05) is 18.5 Å². The van der Waals surface area contributed by atoms with Gasteiger partial charge in [-0.1, -0.05) is 22.0 Å². The molecule has 0 spiro atoms. The molecule has 0 aromatic heterocycles. The SMILES string of the molecule is BrCCCCOc1ccc2c(c1)OCC2. The molecule has 0 atom stereocenters. The minimum Gasteiger partial charge on any atom is -0.493 e. The van der Waals surface area contributed by atoms with Gasteiger partial charge < -0.3 is 9.47 Å². The van der Waals surface area contributed by atoms with Gasteiger partial charge in [-0.05, 0) is 24.5 Å². The number of alkyl halides is 1. The van der Waals surface area contributed by atoms with E-state index in [1.807, 2.05) is 12.1 Å². The van der Waals surface area contributed by atoms with E-state index in [1.54, 1.807) is 0 Å². The Kier molecular flexibility index (Phi) is 3.89. The Labute approximate surface area is 98.7 Å². The lowest BCUT2D eigenvalue weighted by Crippen LogP contribution is -1.97. The highest BCUT2D eigenvalue weighted by Gasteiger charge is 2.12. The number of hydrogen-bond acceptors (Lipinski definition) is 2. The molecule has 82 valence electrons. The van der Waals surface area contributed by atoms with E-state index in [9.17, 15) is 0 Å². The van der Waals surface area contributed by atoms with Crippen LogP contribution in [0.2, 0.25) is 0 Å². The van der Waals surface area contributed by atoms with Gasteiger partial charge in [0.1, 0.15) is 11.5 Å². The summed E-state index contributed by atoms with van der Waals surface area (Å²) in [5.74, 6) is 1.92. The first-order valence-electron chi connectivity index (χ1n) is 5.34. The van der Waals surface area contributed by atoms with Crippen molar-refractivity contribution in [3.63, 3.8) is 0 Å². The fourth-order valence-electron chi connectivity index (χ4n) is 1.62. The van der Waals surface area contributed by atoms with Crippen LogP contribution in [0.4, 0.5) is 0 Å². The normalized spacial score (nSPS) is 13.4. The molecular weight excluding hydrogens is 256 g/mol. The van der Waals surface area contributed by atoms with Crippen molar-refractivity contribution in [1.82, 2.24) is 0 Å². The van der Waals surface area contributed by atoms with Crippen molar-refractivity contribution >= 4 is 15.9 Å². The molecule has 0 saturated carbocycles. The number of unbranched alkanes of at least 4 members (excludes halogenated alkanes) is 1. The number of benzene rings is 1. The maximum absolute atomic E-state index is 5.63. The van der Waals surface area contributed by atoms with E-state index < -0.39 is 0 Å². The highest BCUT2D eigenvalue weighted by molar-refractivity contribution is 9.09. The van der Waals surface area contributed by atoms with E-state index in [2.05, 4.69) is 22.0 Å². The molecular formula is C12H15BrO2. The molecule has 0 aliphatic carbocycles. The third-order valence-electron chi connectivity index (χ3n) is 2.46. The van der Waals surface area contributed by atoms with Gasteiger partial charge in [0.25, 0.3) is 0 Å². The third-order valence-corrected chi connectivity index (χ3v) is 3.03. The molecule has 0 fully saturated rings. The lowest BCUT2D eigenvalue weighted by atomic mass is 10.2. The van der Waals surface area contributed by atoms with Crippen molar-refractivity contribution in [3.8, 4) is 11.5 Å². The molecule has 0 amide bonds. The maximum Gasteiger partial charge on any atom is 0.126 e. The second kappa shape index (κ2) is 5.40. The Morgan fingerprint density at radius 3 is 3.13 bits per heavy atom. The van der Waals surface area contributed by atoms with Gasteiger partial charge in [-0.3, -0.25) is 0 Å². The Morgan fingerprint density at radius 2 is 2.27 bits per heavy atom. The highest BCUT2D eigenvalue weighted by Crippen LogP contribution is 2.29. The van der Waals surface area contributed by atoms with Crippen LogP contribution in [0.1, 0.15) is 18.4 Å². The van der Waals surface area contributed by atoms with E-state index in [4.69, 9.17) is 9.47 Å². The summed E-state index contributed by atoms with van der Waals surface area (Å²) in [6.07, 6.45) is 3.27. The van der Waals surface area contributed by atoms with Gasteiger partial charge in [-0.2, -0.15) is 0 Å². The van der Waals surface area contributed by atoms with Crippen LogP contribution in [0, 0.1) is 0 Å². The zero-order valence-corrected chi connectivity index (χ0v) is 10.3. The summed E-state index contributed by atoms with van der Waals surface area (Å²) in [4.78, 5) is 0. The lowest BCUT2D eigenvalue weighted by molar-refractivity contribution is 0.306. The summed E-state index contributed by atoms with van der Waals surface area (Å²) >= 11 is 3.40. The number of ether oxygens (including phenoxy) is 2. The lowest BCUT2D eigenvalue weighted by Gasteiger charge is -2.06. The summed E-state index contributed by atoms with van der Waals surface area (Å²) in [5.41, 5.74) is 1.29. The molecule has 1 aliphatic heterocycles. The fraction of sp³-hybridized carbons (Fsp3) is 0.500. The van der Waals surface area contributed by atoms with Gasteiger partial charge >= 0.3 is 0 Å². The van der Waals surface area contributed by atoms with Gasteiger partial charge in [-0.25, -0.2) is 0 Å². The van der Waals surface area contributed by atoms with Crippen LogP contribution in [0.15, 0.2) is 18.2 Å². The van der Waals surface area contributed by atoms with E-state index >= 15 is 0 Å². The van der Waals surface area contributed by atoms with Gasteiger partial charge in [0.05, 0.1) is 13.2 Å². The van der Waals surface area contributed by atoms with Crippen molar-refractivity contribution in [2.24, 2.45) is 0 Å². The number of fused-ring (bicyclic) bond motifs is 1. The monoisotopic (exact) mass is 270 g/mol. The molecule has 15 heavy (non-hydrogen) atoms. The standard InChI is InChI=1S/C12H15BrO2/c13-6-1-2-7-14-11-4-3-10-5-8-15-12(10)9-11/h3-4,9H,1-2,5-8H2. The zero-order chi connectivity index (χ0) is 10.5. The van der Waals surface area contributed by atoms with E-state index in [-0.39, 0.29) is 0 Å². The van der Waals surface area contributed by atoms with E-state index in [0.717, 1.165) is 49.3 Å². The molecule has 1 heterocycles. The molecule has 0 bridgehead atoms. The van der Waals surface area contributed by atoms with Gasteiger partial charge in [0.15, 0.2) is 0 Å². The first-order chi connectivity index (χ1) is 7.40. The molecule has 1 aromatic rings. The molecule has 0 saturated heterocycles. The molecule has 3 heteroatoms. The quantitative estimate of drug-likeness (QED) is 0.605. The zero-order valence-electron chi connectivity index (χ0n) is 8.67. The number of halogens is 1. The molecule has 0 N–H and O–H groups in total. The summed E-state index contributed by atoms with van der Waals surface area (Å²) in [5, 5.41) is 1.05. The molecule has 2 nitrogen and oxygen atoms in total.